The lowest BCUT2D eigenvalue weighted by Crippen LogP contribution is -2.52. The number of ether oxygens (including phenoxy) is 2. The summed E-state index contributed by atoms with van der Waals surface area (Å²) in [4.78, 5) is 35.7. The largest absolute Gasteiger partial charge is 0.495 e. The Hall–Kier alpha value is -5.69. The van der Waals surface area contributed by atoms with Gasteiger partial charge >= 0.3 is 0 Å². The summed E-state index contributed by atoms with van der Waals surface area (Å²) in [5, 5.41) is 10.2. The summed E-state index contributed by atoms with van der Waals surface area (Å²) in [7, 11) is 3.41. The highest BCUT2D eigenvalue weighted by Crippen LogP contribution is 2.36. The number of nitrogens with zero attached hydrogens (tertiary/aromatic N) is 5. The minimum atomic E-state index is -0.158. The van der Waals surface area contributed by atoms with Crippen LogP contribution in [0.3, 0.4) is 0 Å². The molecule has 4 aromatic carbocycles. The molecule has 54 heavy (non-hydrogen) atoms. The minimum Gasteiger partial charge on any atom is -0.495 e. The summed E-state index contributed by atoms with van der Waals surface area (Å²) >= 11 is 0. The van der Waals surface area contributed by atoms with Crippen LogP contribution in [0.2, 0.25) is 0 Å². The van der Waals surface area contributed by atoms with Crippen molar-refractivity contribution >= 4 is 17.5 Å². The molecule has 2 aliphatic heterocycles. The summed E-state index contributed by atoms with van der Waals surface area (Å²) in [5.74, 6) is 0.0267. The first-order valence-electron chi connectivity index (χ1n) is 18.7. The Bertz CT molecular complexity index is 2120. The molecule has 1 atom stereocenters. The van der Waals surface area contributed by atoms with Crippen molar-refractivity contribution in [2.45, 2.75) is 46.3 Å². The van der Waals surface area contributed by atoms with Crippen LogP contribution in [0.25, 0.3) is 11.3 Å². The first-order valence-corrected chi connectivity index (χ1v) is 18.7. The van der Waals surface area contributed by atoms with Crippen molar-refractivity contribution in [3.05, 3.63) is 142 Å². The van der Waals surface area contributed by atoms with Crippen LogP contribution < -0.4 is 9.64 Å². The van der Waals surface area contributed by atoms with Gasteiger partial charge in [0.1, 0.15) is 11.8 Å². The second-order valence-corrected chi connectivity index (χ2v) is 13.5. The summed E-state index contributed by atoms with van der Waals surface area (Å²) in [6.07, 6.45) is 0.737. The Balaban J connectivity index is 0.00000245. The van der Waals surface area contributed by atoms with Crippen LogP contribution in [0.15, 0.2) is 103 Å². The third-order valence-corrected chi connectivity index (χ3v) is 10.4. The molecule has 278 valence electrons. The van der Waals surface area contributed by atoms with Crippen molar-refractivity contribution in [1.82, 2.24) is 14.4 Å². The van der Waals surface area contributed by atoms with E-state index in [1.54, 1.807) is 17.0 Å². The maximum absolute atomic E-state index is 15.0. The monoisotopic (exact) mass is 723 g/mol. The first-order chi connectivity index (χ1) is 26.4. The number of fused-ring (bicyclic) bond motifs is 1. The lowest BCUT2D eigenvalue weighted by atomic mass is 9.91. The summed E-state index contributed by atoms with van der Waals surface area (Å²) in [6.45, 7) is 10.5. The Morgan fingerprint density at radius 1 is 0.889 bits per heavy atom. The van der Waals surface area contributed by atoms with E-state index >= 15 is 4.79 Å². The summed E-state index contributed by atoms with van der Waals surface area (Å²) < 4.78 is 13.2. The number of benzene rings is 4. The van der Waals surface area contributed by atoms with E-state index in [1.807, 2.05) is 110 Å². The van der Waals surface area contributed by atoms with Gasteiger partial charge < -0.3 is 23.8 Å². The van der Waals surface area contributed by atoms with Crippen LogP contribution in [0, 0.1) is 18.3 Å². The van der Waals surface area contributed by atoms with Crippen LogP contribution in [0.1, 0.15) is 62.5 Å². The minimum absolute atomic E-state index is 0.0697. The normalized spacial score (nSPS) is 15.3. The summed E-state index contributed by atoms with van der Waals surface area (Å²) in [5.41, 5.74) is 7.40. The number of morpholine rings is 1. The van der Waals surface area contributed by atoms with Gasteiger partial charge in [0.15, 0.2) is 0 Å². The number of aromatic nitrogens is 1. The Morgan fingerprint density at radius 3 is 2.20 bits per heavy atom. The van der Waals surface area contributed by atoms with Gasteiger partial charge in [0.2, 0.25) is 0 Å². The molecule has 7 rings (SSSR count). The molecule has 3 heterocycles. The molecule has 0 N–H and O–H groups in total. The zero-order valence-corrected chi connectivity index (χ0v) is 31.9. The van der Waals surface area contributed by atoms with E-state index in [-0.39, 0.29) is 17.9 Å². The highest BCUT2D eigenvalue weighted by atomic mass is 16.5. The molecule has 2 amide bonds. The molecule has 1 saturated heterocycles. The smallest absolute Gasteiger partial charge is 0.260 e. The van der Waals surface area contributed by atoms with Gasteiger partial charge in [-0.25, -0.2) is 0 Å². The molecule has 0 spiro atoms. The number of para-hydroxylation sites is 1. The average Bonchev–Trinajstić information content (AvgIpc) is 3.53. The topological polar surface area (TPSA) is 91.0 Å². The van der Waals surface area contributed by atoms with Gasteiger partial charge in [0.25, 0.3) is 11.8 Å². The molecular weight excluding hydrogens is 675 g/mol. The molecule has 2 aliphatic rings. The van der Waals surface area contributed by atoms with Crippen molar-refractivity contribution in [2.75, 3.05) is 44.9 Å². The van der Waals surface area contributed by atoms with E-state index in [9.17, 15) is 10.1 Å². The maximum Gasteiger partial charge on any atom is 0.260 e. The van der Waals surface area contributed by atoms with Crippen molar-refractivity contribution < 1.29 is 19.1 Å². The third-order valence-electron chi connectivity index (χ3n) is 10.4. The fourth-order valence-corrected chi connectivity index (χ4v) is 7.42. The SMILES string of the molecule is CC.COc1cc(C(=O)N2Cc3ccccc3CC2CN2CCOCC2)c(-c2cc(C(=O)N(Cc3ccccc3)c3ccccc3)c(C)n2C)cc1C#N. The molecule has 0 radical (unpaired) electrons. The number of hydrogen-bond acceptors (Lipinski definition) is 6. The molecule has 1 aromatic heterocycles. The maximum atomic E-state index is 15.0. The predicted molar refractivity (Wildman–Crippen MR) is 213 cm³/mol. The van der Waals surface area contributed by atoms with E-state index < -0.39 is 0 Å². The molecule has 9 nitrogen and oxygen atoms in total. The standard InChI is InChI=1S/C43H43N5O4.C2H6/c1-30-37(42(49)47(35-16-8-5-9-17-35)27-31-12-6-4-7-13-31)24-40(45(30)2)38-23-34(26-44)41(51-3)25-39(38)43(50)48-28-33-15-11-10-14-32(33)22-36(48)29-46-18-20-52-21-19-46;1-2/h4-17,23-25,36H,18-22,27-29H2,1-3H3;1-2H3. The lowest BCUT2D eigenvalue weighted by molar-refractivity contribution is 0.0193. The van der Waals surface area contributed by atoms with Gasteiger partial charge in [-0.15, -0.1) is 0 Å². The fraction of sp³-hybridized carbons (Fsp3) is 0.311. The van der Waals surface area contributed by atoms with Crippen molar-refractivity contribution in [1.29, 1.82) is 5.26 Å². The summed E-state index contributed by atoms with van der Waals surface area (Å²) in [6, 6.07) is 35.3. The van der Waals surface area contributed by atoms with Gasteiger partial charge in [-0.05, 0) is 60.4 Å². The van der Waals surface area contributed by atoms with Crippen LogP contribution in [0.4, 0.5) is 5.69 Å². The van der Waals surface area contributed by atoms with Gasteiger partial charge in [-0.3, -0.25) is 14.5 Å². The molecule has 5 aromatic rings. The molecule has 9 heteroatoms. The number of anilines is 1. The zero-order valence-electron chi connectivity index (χ0n) is 31.9. The number of hydrogen-bond donors (Lipinski definition) is 0. The van der Waals surface area contributed by atoms with E-state index in [1.165, 1.54) is 12.7 Å². The second-order valence-electron chi connectivity index (χ2n) is 13.5. The van der Waals surface area contributed by atoms with Gasteiger partial charge in [-0.1, -0.05) is 86.6 Å². The lowest BCUT2D eigenvalue weighted by Gasteiger charge is -2.40. The van der Waals surface area contributed by atoms with Gasteiger partial charge in [-0.2, -0.15) is 5.26 Å². The number of nitriles is 1. The van der Waals surface area contributed by atoms with Crippen LogP contribution in [-0.4, -0.2) is 72.2 Å². The van der Waals surface area contributed by atoms with E-state index in [4.69, 9.17) is 9.47 Å². The van der Waals surface area contributed by atoms with Crippen LogP contribution in [-0.2, 0) is 31.3 Å². The molecule has 1 fully saturated rings. The molecule has 0 bridgehead atoms. The van der Waals surface area contributed by atoms with Crippen molar-refractivity contribution in [2.24, 2.45) is 7.05 Å². The van der Waals surface area contributed by atoms with E-state index in [0.717, 1.165) is 48.6 Å². The van der Waals surface area contributed by atoms with E-state index in [0.29, 0.717) is 60.0 Å². The van der Waals surface area contributed by atoms with Crippen molar-refractivity contribution in [3.8, 4) is 23.1 Å². The Kier molecular flexibility index (Phi) is 12.3. The third kappa shape index (κ3) is 7.96. The molecule has 1 unspecified atom stereocenters. The van der Waals surface area contributed by atoms with E-state index in [2.05, 4.69) is 29.2 Å². The zero-order chi connectivity index (χ0) is 38.2. The predicted octanol–water partition coefficient (Wildman–Crippen LogP) is 7.65. The Labute approximate surface area is 318 Å². The average molecular weight is 724 g/mol. The molecular formula is C45H49N5O4. The molecule has 0 saturated carbocycles. The van der Waals surface area contributed by atoms with Gasteiger partial charge in [0.05, 0.1) is 43.6 Å². The van der Waals surface area contributed by atoms with Crippen molar-refractivity contribution in [3.63, 3.8) is 0 Å². The Morgan fingerprint density at radius 2 is 1.54 bits per heavy atom. The van der Waals surface area contributed by atoms with Crippen LogP contribution in [0.5, 0.6) is 5.75 Å². The highest BCUT2D eigenvalue weighted by Gasteiger charge is 2.34. The number of methoxy groups -OCH3 is 1. The number of carbonyl (C=O) groups is 2. The number of rotatable bonds is 9. The van der Waals surface area contributed by atoms with Crippen LogP contribution >= 0.6 is 0 Å². The second kappa shape index (κ2) is 17.4. The fourth-order valence-electron chi connectivity index (χ4n) is 7.42. The highest BCUT2D eigenvalue weighted by molar-refractivity contribution is 6.08. The number of carbonyl (C=O) groups excluding carboxylic acids is 2. The molecule has 0 aliphatic carbocycles. The van der Waals surface area contributed by atoms with Gasteiger partial charge in [0, 0.05) is 61.9 Å². The quantitative estimate of drug-likeness (QED) is 0.155. The number of amides is 2. The first kappa shape index (κ1) is 38.0.